The van der Waals surface area contributed by atoms with Crippen LogP contribution in [0.4, 0.5) is 4.79 Å². The molecule has 2 rings (SSSR count). The number of esters is 2. The van der Waals surface area contributed by atoms with Crippen molar-refractivity contribution in [3.05, 3.63) is 29.3 Å². The quantitative estimate of drug-likeness (QED) is 0.0438. The Morgan fingerprint density at radius 2 is 1.64 bits per heavy atom. The first-order valence-corrected chi connectivity index (χ1v) is 14.1. The number of unbranched alkanes of at least 4 members (excludes halogenated alkanes) is 3. The largest absolute Gasteiger partial charge is 0.493 e. The summed E-state index contributed by atoms with van der Waals surface area (Å²) in [5, 5.41) is 2.88. The van der Waals surface area contributed by atoms with Gasteiger partial charge < -0.3 is 29.0 Å². The molecular weight excluding hydrogens is 544 g/mol. The summed E-state index contributed by atoms with van der Waals surface area (Å²) in [6, 6.07) is 4.97. The van der Waals surface area contributed by atoms with Crippen molar-refractivity contribution in [2.45, 2.75) is 71.8 Å². The minimum absolute atomic E-state index is 0.0285. The van der Waals surface area contributed by atoms with E-state index in [1.165, 1.54) is 27.4 Å². The van der Waals surface area contributed by atoms with Gasteiger partial charge in [-0.05, 0) is 79.5 Å². The van der Waals surface area contributed by atoms with Gasteiger partial charge in [0.25, 0.3) is 0 Å². The first kappa shape index (κ1) is 34.4. The Morgan fingerprint density at radius 1 is 0.976 bits per heavy atom. The molecule has 1 N–H and O–H groups in total. The topological polar surface area (TPSA) is 139 Å². The average molecular weight is 589 g/mol. The van der Waals surface area contributed by atoms with Gasteiger partial charge in [0, 0.05) is 6.54 Å². The molecular formula is C31H44N2O9. The molecule has 1 amide bonds. The summed E-state index contributed by atoms with van der Waals surface area (Å²) in [5.74, 6) is -0.613. The molecule has 0 spiro atoms. The molecule has 1 aromatic rings. The Balaban J connectivity index is 1.70. The van der Waals surface area contributed by atoms with Crippen molar-refractivity contribution in [1.29, 1.82) is 0 Å². The van der Waals surface area contributed by atoms with Crippen molar-refractivity contribution < 1.29 is 42.9 Å². The fourth-order valence-electron chi connectivity index (χ4n) is 5.60. The molecule has 1 fully saturated rings. The molecule has 42 heavy (non-hydrogen) atoms. The van der Waals surface area contributed by atoms with E-state index in [1.54, 1.807) is 24.3 Å². The lowest BCUT2D eigenvalue weighted by Crippen LogP contribution is -2.44. The monoisotopic (exact) mass is 588 g/mol. The van der Waals surface area contributed by atoms with Crippen molar-refractivity contribution in [3.63, 3.8) is 0 Å². The number of nitrogens with zero attached hydrogens (tertiary/aromatic N) is 1. The molecule has 0 aliphatic heterocycles. The van der Waals surface area contributed by atoms with E-state index in [0.29, 0.717) is 36.8 Å². The molecule has 11 heteroatoms. The molecule has 0 radical (unpaired) electrons. The Bertz CT molecular complexity index is 1140. The summed E-state index contributed by atoms with van der Waals surface area (Å²) >= 11 is 0. The third-order valence-corrected chi connectivity index (χ3v) is 7.16. The van der Waals surface area contributed by atoms with Gasteiger partial charge >= 0.3 is 18.0 Å². The molecule has 2 unspecified atom stereocenters. The van der Waals surface area contributed by atoms with Gasteiger partial charge in [-0.15, -0.1) is 0 Å². The lowest BCUT2D eigenvalue weighted by atomic mass is 9.63. The number of isocyanates is 1. The lowest BCUT2D eigenvalue weighted by Gasteiger charge is -2.45. The van der Waals surface area contributed by atoms with Gasteiger partial charge in [0.05, 0.1) is 40.6 Å². The lowest BCUT2D eigenvalue weighted by molar-refractivity contribution is -0.143. The molecule has 0 heterocycles. The van der Waals surface area contributed by atoms with Crippen LogP contribution in [0.25, 0.3) is 6.08 Å². The van der Waals surface area contributed by atoms with Gasteiger partial charge in [-0.3, -0.25) is 0 Å². The summed E-state index contributed by atoms with van der Waals surface area (Å²) in [6.45, 7) is 7.68. The second kappa shape index (κ2) is 16.6. The second-order valence-corrected chi connectivity index (χ2v) is 11.6. The zero-order chi connectivity index (χ0) is 31.2. The summed E-state index contributed by atoms with van der Waals surface area (Å²) in [6.07, 6.45) is 8.40. The van der Waals surface area contributed by atoms with Crippen LogP contribution >= 0.6 is 0 Å². The Labute approximate surface area is 248 Å². The number of alkyl carbamates (subject to hydrolysis) is 1. The van der Waals surface area contributed by atoms with Crippen LogP contribution in [0.3, 0.4) is 0 Å². The Hall–Kier alpha value is -3.85. The molecule has 0 bridgehead atoms. The van der Waals surface area contributed by atoms with E-state index in [9.17, 15) is 19.2 Å². The number of amides is 1. The number of hydrogen-bond acceptors (Lipinski definition) is 10. The van der Waals surface area contributed by atoms with Crippen LogP contribution in [0.5, 0.6) is 11.5 Å². The molecule has 2 atom stereocenters. The molecule has 1 aromatic carbocycles. The van der Waals surface area contributed by atoms with Crippen molar-refractivity contribution >= 4 is 30.2 Å². The zero-order valence-corrected chi connectivity index (χ0v) is 25.6. The van der Waals surface area contributed by atoms with E-state index < -0.39 is 18.0 Å². The van der Waals surface area contributed by atoms with E-state index >= 15 is 0 Å². The summed E-state index contributed by atoms with van der Waals surface area (Å²) in [5.41, 5.74) is 0.169. The van der Waals surface area contributed by atoms with Gasteiger partial charge in [0.2, 0.25) is 6.08 Å². The number of benzene rings is 1. The van der Waals surface area contributed by atoms with Crippen LogP contribution < -0.4 is 14.8 Å². The van der Waals surface area contributed by atoms with Crippen molar-refractivity contribution in [2.24, 2.45) is 15.8 Å². The second-order valence-electron chi connectivity index (χ2n) is 11.6. The van der Waals surface area contributed by atoms with Gasteiger partial charge in [-0.25, -0.2) is 24.2 Å². The minimum Gasteiger partial charge on any atom is -0.493 e. The van der Waals surface area contributed by atoms with Crippen LogP contribution in [0, 0.1) is 10.8 Å². The fourth-order valence-corrected chi connectivity index (χ4v) is 5.60. The number of rotatable bonds is 15. The first-order valence-electron chi connectivity index (χ1n) is 14.1. The summed E-state index contributed by atoms with van der Waals surface area (Å²) < 4.78 is 25.9. The highest BCUT2D eigenvalue weighted by atomic mass is 16.6. The molecule has 11 nitrogen and oxygen atoms in total. The average Bonchev–Trinajstić information content (AvgIpc) is 2.94. The number of aliphatic imine (C=N–C) groups is 1. The molecule has 232 valence electrons. The number of methoxy groups -OCH3 is 3. The highest BCUT2D eigenvalue weighted by Crippen LogP contribution is 2.46. The highest BCUT2D eigenvalue weighted by molar-refractivity contribution is 6.17. The van der Waals surface area contributed by atoms with Crippen LogP contribution in [-0.4, -0.2) is 71.2 Å². The highest BCUT2D eigenvalue weighted by Gasteiger charge is 2.41. The first-order chi connectivity index (χ1) is 20.0. The van der Waals surface area contributed by atoms with Gasteiger partial charge in [0.1, 0.15) is 5.57 Å². The van der Waals surface area contributed by atoms with E-state index in [2.05, 4.69) is 40.6 Å². The van der Waals surface area contributed by atoms with Crippen molar-refractivity contribution in [1.82, 2.24) is 5.32 Å². The SMILES string of the molecule is COC(=O)C(=Cc1ccc(OCCCCCCOC(=O)NCC2(C)CC(N=C=O)CC(C)(C)C2)c(OC)c1)C(=O)OC. The molecule has 0 aromatic heterocycles. The summed E-state index contributed by atoms with van der Waals surface area (Å²) in [4.78, 5) is 50.7. The molecule has 1 aliphatic carbocycles. The number of ether oxygens (including phenoxy) is 5. The smallest absolute Gasteiger partial charge is 0.407 e. The van der Waals surface area contributed by atoms with E-state index in [1.807, 2.05) is 0 Å². The number of hydrogen-bond donors (Lipinski definition) is 1. The summed E-state index contributed by atoms with van der Waals surface area (Å²) in [7, 11) is 3.87. The van der Waals surface area contributed by atoms with Crippen molar-refractivity contribution in [3.8, 4) is 11.5 Å². The number of carbonyl (C=O) groups is 3. The van der Waals surface area contributed by atoms with Crippen LogP contribution in [0.15, 0.2) is 28.8 Å². The predicted octanol–water partition coefficient (Wildman–Crippen LogP) is 5.01. The molecule has 0 saturated heterocycles. The Morgan fingerprint density at radius 3 is 2.26 bits per heavy atom. The van der Waals surface area contributed by atoms with E-state index in [0.717, 1.165) is 44.9 Å². The molecule has 1 aliphatic rings. The van der Waals surface area contributed by atoms with E-state index in [4.69, 9.17) is 14.2 Å². The number of carbonyl (C=O) groups excluding carboxylic acids is 4. The molecule has 1 saturated carbocycles. The van der Waals surface area contributed by atoms with Gasteiger partial charge in [-0.1, -0.05) is 26.8 Å². The zero-order valence-electron chi connectivity index (χ0n) is 25.6. The van der Waals surface area contributed by atoms with Crippen LogP contribution in [0.2, 0.25) is 0 Å². The van der Waals surface area contributed by atoms with Crippen molar-refractivity contribution in [2.75, 3.05) is 41.1 Å². The fraction of sp³-hybridized carbons (Fsp3) is 0.613. The van der Waals surface area contributed by atoms with E-state index in [-0.39, 0.29) is 22.4 Å². The maximum atomic E-state index is 12.2. The van der Waals surface area contributed by atoms with Gasteiger partial charge in [-0.2, -0.15) is 0 Å². The maximum Gasteiger partial charge on any atom is 0.407 e. The third kappa shape index (κ3) is 11.2. The predicted molar refractivity (Wildman–Crippen MR) is 156 cm³/mol. The van der Waals surface area contributed by atoms with Crippen LogP contribution in [0.1, 0.15) is 71.3 Å². The maximum absolute atomic E-state index is 12.2. The van der Waals surface area contributed by atoms with Gasteiger partial charge in [0.15, 0.2) is 11.5 Å². The van der Waals surface area contributed by atoms with Crippen LogP contribution in [-0.2, 0) is 28.6 Å². The number of nitrogens with one attached hydrogen (secondary N) is 1. The normalized spacial score (nSPS) is 19.0. The standard InChI is InChI=1S/C31H44N2O9/c1-30(2)17-23(33-21-34)18-31(3,19-30)20-32-29(37)42-14-10-8-7-9-13-41-25-12-11-22(16-26(25)38-4)15-24(27(35)39-5)28(36)40-6/h11-12,15-16,23H,7-10,13-14,17-20H2,1-6H3,(H,32,37). The third-order valence-electron chi connectivity index (χ3n) is 7.16. The minimum atomic E-state index is -0.800. The Kier molecular flexibility index (Phi) is 13.5.